The summed E-state index contributed by atoms with van der Waals surface area (Å²) in [5, 5.41) is 13.2. The fourth-order valence-corrected chi connectivity index (χ4v) is 6.64. The monoisotopic (exact) mass is 537 g/mol. The molecule has 0 spiro atoms. The number of nitrogens with one attached hydrogen (secondary N) is 4. The van der Waals surface area contributed by atoms with Crippen molar-refractivity contribution in [2.75, 3.05) is 55.5 Å². The number of hydrogen-bond donors (Lipinski definition) is 4. The van der Waals surface area contributed by atoms with Gasteiger partial charge in [-0.05, 0) is 81.8 Å². The van der Waals surface area contributed by atoms with Crippen LogP contribution in [-0.4, -0.2) is 72.5 Å². The molecule has 0 atom stereocenters. The number of amides is 1. The van der Waals surface area contributed by atoms with E-state index in [-0.39, 0.29) is 11.9 Å². The van der Waals surface area contributed by atoms with Crippen molar-refractivity contribution in [1.29, 1.82) is 0 Å². The Morgan fingerprint density at radius 1 is 0.821 bits per heavy atom. The third-order valence-corrected chi connectivity index (χ3v) is 8.05. The van der Waals surface area contributed by atoms with Gasteiger partial charge in [0.1, 0.15) is 0 Å². The van der Waals surface area contributed by atoms with Gasteiger partial charge in [-0.3, -0.25) is 4.79 Å². The maximum Gasteiger partial charge on any atom is 0.251 e. The zero-order chi connectivity index (χ0) is 27.0. The Balaban J connectivity index is 1.01. The van der Waals surface area contributed by atoms with Crippen LogP contribution in [0.2, 0.25) is 0 Å². The van der Waals surface area contributed by atoms with Crippen LogP contribution in [0.3, 0.4) is 0 Å². The summed E-state index contributed by atoms with van der Waals surface area (Å²) < 4.78 is 11.2. The van der Waals surface area contributed by atoms with Crippen molar-refractivity contribution in [1.82, 2.24) is 20.3 Å². The molecule has 4 fully saturated rings. The van der Waals surface area contributed by atoms with Crippen LogP contribution in [0, 0.1) is 23.7 Å². The Labute approximate surface area is 231 Å². The molecule has 1 aromatic carbocycles. The van der Waals surface area contributed by atoms with Crippen molar-refractivity contribution in [3.05, 3.63) is 35.9 Å². The van der Waals surface area contributed by atoms with Gasteiger partial charge < -0.3 is 30.7 Å². The number of anilines is 3. The smallest absolute Gasteiger partial charge is 0.251 e. The van der Waals surface area contributed by atoms with Gasteiger partial charge >= 0.3 is 0 Å². The molecular weight excluding hydrogens is 494 g/mol. The normalized spacial score (nSPS) is 25.1. The predicted octanol–water partition coefficient (Wildman–Crippen LogP) is 3.80. The van der Waals surface area contributed by atoms with Crippen LogP contribution >= 0.6 is 0 Å². The molecule has 10 nitrogen and oxygen atoms in total. The first-order chi connectivity index (χ1) is 19.0. The highest BCUT2D eigenvalue weighted by Crippen LogP contribution is 2.54. The minimum absolute atomic E-state index is 0.0944. The average molecular weight is 538 g/mol. The first-order valence-corrected chi connectivity index (χ1v) is 14.5. The van der Waals surface area contributed by atoms with E-state index < -0.39 is 0 Å². The summed E-state index contributed by atoms with van der Waals surface area (Å²) in [6, 6.07) is 9.85. The van der Waals surface area contributed by atoms with Gasteiger partial charge in [-0.2, -0.15) is 15.0 Å². The fourth-order valence-electron chi connectivity index (χ4n) is 6.64. The predicted molar refractivity (Wildman–Crippen MR) is 152 cm³/mol. The molecule has 0 aliphatic heterocycles. The number of carbonyl (C=O) groups is 1. The molecule has 4 aliphatic carbocycles. The second-order valence-corrected chi connectivity index (χ2v) is 11.5. The number of aromatic nitrogens is 3. The van der Waals surface area contributed by atoms with Crippen molar-refractivity contribution < 1.29 is 14.3 Å². The summed E-state index contributed by atoms with van der Waals surface area (Å²) in [7, 11) is 0. The van der Waals surface area contributed by atoms with E-state index in [0.29, 0.717) is 69.0 Å². The van der Waals surface area contributed by atoms with E-state index in [1.165, 1.54) is 32.1 Å². The minimum atomic E-state index is -0.0944. The SMILES string of the molecule is CC(C)Nc1nc(NCCOCCOCCNC(=O)c2ccccc2)nc(NC2C3CC4CC(C3)CC2C4)n1. The van der Waals surface area contributed by atoms with Gasteiger partial charge in [-0.15, -0.1) is 0 Å². The van der Waals surface area contributed by atoms with Gasteiger partial charge in [0.15, 0.2) is 0 Å². The van der Waals surface area contributed by atoms with Gasteiger partial charge in [0.05, 0.1) is 26.4 Å². The van der Waals surface area contributed by atoms with E-state index in [0.717, 1.165) is 23.7 Å². The van der Waals surface area contributed by atoms with Crippen molar-refractivity contribution in [3.63, 3.8) is 0 Å². The van der Waals surface area contributed by atoms with Gasteiger partial charge in [-0.1, -0.05) is 18.2 Å². The maximum atomic E-state index is 12.0. The second kappa shape index (κ2) is 13.4. The summed E-state index contributed by atoms with van der Waals surface area (Å²) >= 11 is 0. The van der Waals surface area contributed by atoms with Crippen LogP contribution < -0.4 is 21.3 Å². The van der Waals surface area contributed by atoms with E-state index in [1.54, 1.807) is 12.1 Å². The highest BCUT2D eigenvalue weighted by atomic mass is 16.5. The summed E-state index contributed by atoms with van der Waals surface area (Å²) in [5.41, 5.74) is 0.648. The summed E-state index contributed by atoms with van der Waals surface area (Å²) in [4.78, 5) is 25.9. The number of ether oxygens (including phenoxy) is 2. The Bertz CT molecular complexity index is 1040. The largest absolute Gasteiger partial charge is 0.377 e. The van der Waals surface area contributed by atoms with Crippen molar-refractivity contribution in [2.45, 2.75) is 58.0 Å². The van der Waals surface area contributed by atoms with E-state index in [9.17, 15) is 4.79 Å². The van der Waals surface area contributed by atoms with Crippen LogP contribution in [-0.2, 0) is 9.47 Å². The standard InChI is InChI=1S/C29H43N7O3/c1-19(2)32-28-34-27(35-29(36-28)33-25-23-15-20-14-21(17-23)18-24(25)16-20)31-9-11-39-13-12-38-10-8-30-26(37)22-6-4-3-5-7-22/h3-7,19-21,23-25H,8-18H2,1-2H3,(H,30,37)(H3,31,32,33,34,35,36). The van der Waals surface area contributed by atoms with Crippen molar-refractivity contribution in [2.24, 2.45) is 23.7 Å². The molecule has 39 heavy (non-hydrogen) atoms. The van der Waals surface area contributed by atoms with E-state index in [4.69, 9.17) is 14.5 Å². The number of benzene rings is 1. The lowest BCUT2D eigenvalue weighted by Crippen LogP contribution is -2.51. The third-order valence-electron chi connectivity index (χ3n) is 8.05. The van der Waals surface area contributed by atoms with Crippen LogP contribution in [0.1, 0.15) is 56.3 Å². The zero-order valence-corrected chi connectivity index (χ0v) is 23.2. The maximum absolute atomic E-state index is 12.0. The molecule has 212 valence electrons. The van der Waals surface area contributed by atoms with E-state index in [2.05, 4.69) is 45.1 Å². The van der Waals surface area contributed by atoms with E-state index in [1.807, 2.05) is 18.2 Å². The first-order valence-electron chi connectivity index (χ1n) is 14.5. The number of rotatable bonds is 15. The zero-order valence-electron chi connectivity index (χ0n) is 23.2. The molecule has 1 heterocycles. The summed E-state index contributed by atoms with van der Waals surface area (Å²) in [6.45, 7) is 7.09. The Morgan fingerprint density at radius 2 is 1.44 bits per heavy atom. The Hall–Kier alpha value is -2.98. The minimum Gasteiger partial charge on any atom is -0.377 e. The van der Waals surface area contributed by atoms with Gasteiger partial charge in [0.25, 0.3) is 5.91 Å². The average Bonchev–Trinajstić information content (AvgIpc) is 2.91. The fraction of sp³-hybridized carbons (Fsp3) is 0.655. The molecule has 1 aromatic heterocycles. The lowest BCUT2D eigenvalue weighted by molar-refractivity contribution is 0.00728. The molecule has 0 unspecified atom stereocenters. The lowest BCUT2D eigenvalue weighted by atomic mass is 9.54. The quantitative estimate of drug-likeness (QED) is 0.251. The highest BCUT2D eigenvalue weighted by Gasteiger charge is 2.48. The number of nitrogens with zero attached hydrogens (tertiary/aromatic N) is 3. The Morgan fingerprint density at radius 3 is 2.10 bits per heavy atom. The summed E-state index contributed by atoms with van der Waals surface area (Å²) in [6.07, 6.45) is 6.84. The molecule has 6 rings (SSSR count). The molecule has 0 radical (unpaired) electrons. The second-order valence-electron chi connectivity index (χ2n) is 11.5. The van der Waals surface area contributed by atoms with Crippen molar-refractivity contribution in [3.8, 4) is 0 Å². The topological polar surface area (TPSA) is 122 Å². The first kappa shape index (κ1) is 27.6. The van der Waals surface area contributed by atoms with E-state index >= 15 is 0 Å². The molecule has 2 aromatic rings. The van der Waals surface area contributed by atoms with Crippen molar-refractivity contribution >= 4 is 23.8 Å². The molecule has 10 heteroatoms. The van der Waals surface area contributed by atoms with Gasteiger partial charge in [0, 0.05) is 30.7 Å². The highest BCUT2D eigenvalue weighted by molar-refractivity contribution is 5.94. The molecule has 0 saturated heterocycles. The molecule has 4 saturated carbocycles. The third kappa shape index (κ3) is 7.79. The van der Waals surface area contributed by atoms with Crippen LogP contribution in [0.5, 0.6) is 0 Å². The number of hydrogen-bond acceptors (Lipinski definition) is 9. The molecule has 1 amide bonds. The lowest BCUT2D eigenvalue weighted by Gasteiger charge is -2.54. The number of carbonyl (C=O) groups excluding carboxylic acids is 1. The van der Waals surface area contributed by atoms with Crippen LogP contribution in [0.15, 0.2) is 30.3 Å². The molecular formula is C29H43N7O3. The summed E-state index contributed by atoms with van der Waals surface area (Å²) in [5.74, 6) is 5.05. The van der Waals surface area contributed by atoms with Crippen LogP contribution in [0.25, 0.3) is 0 Å². The molecule has 4 aliphatic rings. The van der Waals surface area contributed by atoms with Gasteiger partial charge in [0.2, 0.25) is 17.8 Å². The molecule has 4 bridgehead atoms. The van der Waals surface area contributed by atoms with Gasteiger partial charge in [-0.25, -0.2) is 0 Å². The van der Waals surface area contributed by atoms with Crippen LogP contribution in [0.4, 0.5) is 17.8 Å². The molecule has 4 N–H and O–H groups in total. The Kier molecular flexibility index (Phi) is 9.47.